The Morgan fingerprint density at radius 2 is 2.06 bits per heavy atom. The fraction of sp³-hybridized carbons (Fsp3) is 0.917. The summed E-state index contributed by atoms with van der Waals surface area (Å²) in [5, 5.41) is 6.18. The van der Waals surface area contributed by atoms with Gasteiger partial charge in [-0.05, 0) is 33.9 Å². The van der Waals surface area contributed by atoms with Gasteiger partial charge in [0.1, 0.15) is 0 Å². The van der Waals surface area contributed by atoms with E-state index in [9.17, 15) is 4.79 Å². The van der Waals surface area contributed by atoms with Crippen molar-refractivity contribution in [1.29, 1.82) is 0 Å². The Labute approximate surface area is 123 Å². The third-order valence-electron chi connectivity index (χ3n) is 3.51. The minimum atomic E-state index is 0. The molecule has 4 nitrogen and oxygen atoms in total. The standard InChI is InChI=1S/C12H25N3O.2ClH/c1-9(8-13-3)12(16)14-11-5-6-15(4)10(2)7-11;;/h9-11,13H,5-8H2,1-4H3,(H,14,16);2*1H. The lowest BCUT2D eigenvalue weighted by Gasteiger charge is -2.35. The van der Waals surface area contributed by atoms with Gasteiger partial charge in [-0.1, -0.05) is 6.92 Å². The fourth-order valence-electron chi connectivity index (χ4n) is 2.16. The van der Waals surface area contributed by atoms with Gasteiger partial charge < -0.3 is 15.5 Å². The lowest BCUT2D eigenvalue weighted by molar-refractivity contribution is -0.125. The number of halogens is 2. The van der Waals surface area contributed by atoms with Gasteiger partial charge in [0.05, 0.1) is 0 Å². The number of hydrogen-bond acceptors (Lipinski definition) is 3. The van der Waals surface area contributed by atoms with Crippen LogP contribution in [-0.4, -0.2) is 50.1 Å². The summed E-state index contributed by atoms with van der Waals surface area (Å²) in [5.74, 6) is 0.232. The second-order valence-electron chi connectivity index (χ2n) is 5.02. The first-order chi connectivity index (χ1) is 7.54. The summed E-state index contributed by atoms with van der Waals surface area (Å²) in [5.41, 5.74) is 0. The van der Waals surface area contributed by atoms with Crippen LogP contribution in [0.25, 0.3) is 0 Å². The zero-order valence-corrected chi connectivity index (χ0v) is 13.4. The van der Waals surface area contributed by atoms with E-state index >= 15 is 0 Å². The molecule has 1 aliphatic heterocycles. The molecular weight excluding hydrogens is 273 g/mol. The van der Waals surface area contributed by atoms with E-state index in [0.717, 1.165) is 25.9 Å². The van der Waals surface area contributed by atoms with Gasteiger partial charge in [-0.3, -0.25) is 4.79 Å². The van der Waals surface area contributed by atoms with E-state index in [1.807, 2.05) is 14.0 Å². The van der Waals surface area contributed by atoms with Crippen molar-refractivity contribution in [2.75, 3.05) is 27.2 Å². The van der Waals surface area contributed by atoms with Crippen LogP contribution in [0.3, 0.4) is 0 Å². The van der Waals surface area contributed by atoms with Gasteiger partial charge in [0.15, 0.2) is 0 Å². The normalized spacial score (nSPS) is 25.6. The van der Waals surface area contributed by atoms with Gasteiger partial charge in [-0.25, -0.2) is 0 Å². The first-order valence-electron chi connectivity index (χ1n) is 6.19. The molecule has 0 bridgehead atoms. The quantitative estimate of drug-likeness (QED) is 0.822. The van der Waals surface area contributed by atoms with Gasteiger partial charge in [-0.15, -0.1) is 24.8 Å². The van der Waals surface area contributed by atoms with Crippen molar-refractivity contribution in [3.63, 3.8) is 0 Å². The van der Waals surface area contributed by atoms with E-state index in [-0.39, 0.29) is 36.6 Å². The Balaban J connectivity index is 0. The van der Waals surface area contributed by atoms with Crippen molar-refractivity contribution in [2.45, 2.75) is 38.8 Å². The smallest absolute Gasteiger partial charge is 0.224 e. The maximum Gasteiger partial charge on any atom is 0.224 e. The Kier molecular flexibility index (Phi) is 11.1. The summed E-state index contributed by atoms with van der Waals surface area (Å²) in [6.07, 6.45) is 2.13. The number of nitrogens with zero attached hydrogens (tertiary/aromatic N) is 1. The molecule has 0 aliphatic carbocycles. The summed E-state index contributed by atoms with van der Waals surface area (Å²) >= 11 is 0. The number of nitrogens with one attached hydrogen (secondary N) is 2. The fourth-order valence-corrected chi connectivity index (χ4v) is 2.16. The van der Waals surface area contributed by atoms with Crippen LogP contribution >= 0.6 is 24.8 Å². The molecule has 2 N–H and O–H groups in total. The number of amides is 1. The van der Waals surface area contributed by atoms with Gasteiger partial charge in [-0.2, -0.15) is 0 Å². The van der Waals surface area contributed by atoms with Crippen LogP contribution in [-0.2, 0) is 4.79 Å². The van der Waals surface area contributed by atoms with Crippen molar-refractivity contribution in [3.05, 3.63) is 0 Å². The molecule has 3 unspecified atom stereocenters. The second kappa shape index (κ2) is 9.84. The monoisotopic (exact) mass is 299 g/mol. The molecule has 18 heavy (non-hydrogen) atoms. The summed E-state index contributed by atoms with van der Waals surface area (Å²) in [6, 6.07) is 0.927. The molecule has 1 heterocycles. The molecule has 1 fully saturated rings. The van der Waals surface area contributed by atoms with E-state index in [2.05, 4.69) is 29.5 Å². The first-order valence-corrected chi connectivity index (χ1v) is 6.19. The highest BCUT2D eigenvalue weighted by Crippen LogP contribution is 2.15. The number of likely N-dealkylation sites (tertiary alicyclic amines) is 1. The van der Waals surface area contributed by atoms with Crippen LogP contribution in [0.4, 0.5) is 0 Å². The summed E-state index contributed by atoms with van der Waals surface area (Å²) in [4.78, 5) is 14.2. The molecule has 0 radical (unpaired) electrons. The van der Waals surface area contributed by atoms with Crippen LogP contribution in [0.2, 0.25) is 0 Å². The van der Waals surface area contributed by atoms with Gasteiger partial charge in [0.2, 0.25) is 5.91 Å². The van der Waals surface area contributed by atoms with Gasteiger partial charge in [0, 0.05) is 31.1 Å². The molecule has 0 aromatic heterocycles. The van der Waals surface area contributed by atoms with E-state index < -0.39 is 0 Å². The SMILES string of the molecule is CNCC(C)C(=O)NC1CCN(C)C(C)C1.Cl.Cl. The summed E-state index contributed by atoms with van der Waals surface area (Å²) in [6.45, 7) is 6.00. The van der Waals surface area contributed by atoms with Crippen LogP contribution in [0, 0.1) is 5.92 Å². The molecule has 110 valence electrons. The number of hydrogen-bond donors (Lipinski definition) is 2. The summed E-state index contributed by atoms with van der Waals surface area (Å²) < 4.78 is 0. The molecule has 1 aliphatic rings. The third-order valence-corrected chi connectivity index (χ3v) is 3.51. The Morgan fingerprint density at radius 1 is 1.44 bits per heavy atom. The molecule has 0 spiro atoms. The van der Waals surface area contributed by atoms with Crippen molar-refractivity contribution < 1.29 is 4.79 Å². The topological polar surface area (TPSA) is 44.4 Å². The molecule has 3 atom stereocenters. The summed E-state index contributed by atoms with van der Waals surface area (Å²) in [7, 11) is 4.02. The largest absolute Gasteiger partial charge is 0.353 e. The highest BCUT2D eigenvalue weighted by Gasteiger charge is 2.25. The van der Waals surface area contributed by atoms with E-state index in [0.29, 0.717) is 12.1 Å². The molecule has 1 rings (SSSR count). The highest BCUT2D eigenvalue weighted by atomic mass is 35.5. The lowest BCUT2D eigenvalue weighted by Crippen LogP contribution is -2.49. The first kappa shape index (κ1) is 20.3. The lowest BCUT2D eigenvalue weighted by atomic mass is 9.98. The van der Waals surface area contributed by atoms with Gasteiger partial charge in [0.25, 0.3) is 0 Å². The zero-order chi connectivity index (χ0) is 12.1. The van der Waals surface area contributed by atoms with E-state index in [1.165, 1.54) is 0 Å². The second-order valence-corrected chi connectivity index (χ2v) is 5.02. The van der Waals surface area contributed by atoms with Crippen LogP contribution < -0.4 is 10.6 Å². The van der Waals surface area contributed by atoms with Crippen LogP contribution in [0.1, 0.15) is 26.7 Å². The van der Waals surface area contributed by atoms with Crippen LogP contribution in [0.5, 0.6) is 0 Å². The average molecular weight is 300 g/mol. The number of piperidine rings is 1. The third kappa shape index (κ3) is 6.23. The maximum atomic E-state index is 11.8. The van der Waals surface area contributed by atoms with Crippen LogP contribution in [0.15, 0.2) is 0 Å². The number of carbonyl (C=O) groups excluding carboxylic acids is 1. The molecule has 1 amide bonds. The molecule has 0 aromatic carbocycles. The average Bonchev–Trinajstić information content (AvgIpc) is 2.24. The molecule has 0 aromatic rings. The highest BCUT2D eigenvalue weighted by molar-refractivity contribution is 5.85. The maximum absolute atomic E-state index is 11.8. The molecule has 6 heteroatoms. The van der Waals surface area contributed by atoms with E-state index in [4.69, 9.17) is 0 Å². The molecule has 1 saturated heterocycles. The van der Waals surface area contributed by atoms with Crippen molar-refractivity contribution in [2.24, 2.45) is 5.92 Å². The molecular formula is C12H27Cl2N3O. The zero-order valence-electron chi connectivity index (χ0n) is 11.7. The predicted molar refractivity (Wildman–Crippen MR) is 80.8 cm³/mol. The predicted octanol–water partition coefficient (Wildman–Crippen LogP) is 1.28. The van der Waals surface area contributed by atoms with E-state index in [1.54, 1.807) is 0 Å². The van der Waals surface area contributed by atoms with Crippen molar-refractivity contribution in [1.82, 2.24) is 15.5 Å². The van der Waals surface area contributed by atoms with Gasteiger partial charge >= 0.3 is 0 Å². The Morgan fingerprint density at radius 3 is 2.56 bits per heavy atom. The number of carbonyl (C=O) groups is 1. The Bertz CT molecular complexity index is 241. The minimum absolute atomic E-state index is 0. The van der Waals surface area contributed by atoms with Crippen molar-refractivity contribution in [3.8, 4) is 0 Å². The Hall–Kier alpha value is -0.0300. The van der Waals surface area contributed by atoms with Crippen molar-refractivity contribution >= 4 is 30.7 Å². The molecule has 0 saturated carbocycles. The minimum Gasteiger partial charge on any atom is -0.353 e. The number of rotatable bonds is 4.